The van der Waals surface area contributed by atoms with Crippen LogP contribution in [0.5, 0.6) is 11.5 Å². The molecule has 0 saturated heterocycles. The molecule has 2 aromatic rings. The van der Waals surface area contributed by atoms with Crippen molar-refractivity contribution < 1.29 is 28.7 Å². The zero-order valence-electron chi connectivity index (χ0n) is 14.4. The van der Waals surface area contributed by atoms with E-state index in [2.05, 4.69) is 15.3 Å². The van der Waals surface area contributed by atoms with Crippen molar-refractivity contribution in [2.24, 2.45) is 0 Å². The molecule has 146 valence electrons. The van der Waals surface area contributed by atoms with Crippen LogP contribution in [0.4, 0.5) is 17.2 Å². The second-order valence-corrected chi connectivity index (χ2v) is 5.54. The van der Waals surface area contributed by atoms with Gasteiger partial charge in [-0.15, -0.1) is 0 Å². The highest BCUT2D eigenvalue weighted by Gasteiger charge is 2.23. The first-order chi connectivity index (χ1) is 13.5. The largest absolute Gasteiger partial charge is 0.489 e. The number of nitrogens with one attached hydrogen (secondary N) is 1. The molecule has 0 aliphatic carbocycles. The minimum Gasteiger partial charge on any atom is -0.489 e. The Kier molecular flexibility index (Phi) is 5.48. The number of fused-ring (bicyclic) bond motifs is 1. The van der Waals surface area contributed by atoms with E-state index in [0.717, 1.165) is 0 Å². The second-order valence-electron chi connectivity index (χ2n) is 5.54. The maximum atomic E-state index is 12.1. The van der Waals surface area contributed by atoms with Crippen molar-refractivity contribution in [2.45, 2.75) is 6.42 Å². The van der Waals surface area contributed by atoms with Crippen molar-refractivity contribution in [1.29, 1.82) is 0 Å². The Labute approximate surface area is 157 Å². The standard InChI is InChI=1S/C16H15N5O7/c17-15-14(18-2-3-19-15)16(23)28-8-13(22)20-9-6-11-12(7-10(9)21(24)25)27-5-1-4-26-11/h2-3,6-7H,1,4-5,8H2,(H2,17,19)(H,20,22). The van der Waals surface area contributed by atoms with Crippen LogP contribution in [0.15, 0.2) is 24.5 Å². The van der Waals surface area contributed by atoms with Crippen molar-refractivity contribution >= 4 is 29.1 Å². The molecule has 0 fully saturated rings. The third-order valence-electron chi connectivity index (χ3n) is 3.59. The smallest absolute Gasteiger partial charge is 0.361 e. The molecule has 1 aliphatic heterocycles. The predicted molar refractivity (Wildman–Crippen MR) is 94.1 cm³/mol. The molecule has 1 amide bonds. The number of nitro groups is 1. The summed E-state index contributed by atoms with van der Waals surface area (Å²) >= 11 is 0. The number of aromatic nitrogens is 2. The van der Waals surface area contributed by atoms with E-state index in [1.807, 2.05) is 0 Å². The highest BCUT2D eigenvalue weighted by atomic mass is 16.6. The fourth-order valence-corrected chi connectivity index (χ4v) is 2.34. The van der Waals surface area contributed by atoms with Gasteiger partial charge in [0, 0.05) is 24.9 Å². The van der Waals surface area contributed by atoms with Crippen LogP contribution in [0.25, 0.3) is 0 Å². The van der Waals surface area contributed by atoms with Gasteiger partial charge in [0.05, 0.1) is 24.2 Å². The van der Waals surface area contributed by atoms with Gasteiger partial charge in [-0.05, 0) is 0 Å². The number of nitrogens with two attached hydrogens (primary N) is 1. The van der Waals surface area contributed by atoms with E-state index < -0.39 is 23.4 Å². The topological polar surface area (TPSA) is 169 Å². The van der Waals surface area contributed by atoms with Crippen LogP contribution < -0.4 is 20.5 Å². The lowest BCUT2D eigenvalue weighted by Gasteiger charge is -2.11. The Morgan fingerprint density at radius 2 is 1.89 bits per heavy atom. The van der Waals surface area contributed by atoms with Gasteiger partial charge in [0.25, 0.3) is 11.6 Å². The summed E-state index contributed by atoms with van der Waals surface area (Å²) in [6.07, 6.45) is 3.15. The zero-order valence-corrected chi connectivity index (χ0v) is 14.4. The lowest BCUT2D eigenvalue weighted by atomic mass is 10.2. The SMILES string of the molecule is Nc1nccnc1C(=O)OCC(=O)Nc1cc2c(cc1[N+](=O)[O-])OCCCO2. The summed E-state index contributed by atoms with van der Waals surface area (Å²) in [7, 11) is 0. The fourth-order valence-electron chi connectivity index (χ4n) is 2.34. The molecule has 0 spiro atoms. The van der Waals surface area contributed by atoms with Gasteiger partial charge >= 0.3 is 5.97 Å². The third kappa shape index (κ3) is 4.23. The number of nitro benzene ring substituents is 1. The van der Waals surface area contributed by atoms with Crippen molar-refractivity contribution in [3.05, 3.63) is 40.3 Å². The monoisotopic (exact) mass is 389 g/mol. The second kappa shape index (κ2) is 8.16. The number of nitrogen functional groups attached to an aromatic ring is 1. The number of carbonyl (C=O) groups excluding carboxylic acids is 2. The first-order valence-corrected chi connectivity index (χ1v) is 8.07. The molecule has 12 nitrogen and oxygen atoms in total. The van der Waals surface area contributed by atoms with Gasteiger partial charge in [0.2, 0.25) is 0 Å². The number of ether oxygens (including phenoxy) is 3. The van der Waals surface area contributed by atoms with Gasteiger partial charge in [-0.25, -0.2) is 14.8 Å². The van der Waals surface area contributed by atoms with Crippen LogP contribution in [0.3, 0.4) is 0 Å². The molecule has 12 heteroatoms. The summed E-state index contributed by atoms with van der Waals surface area (Å²) in [4.78, 5) is 42.0. The van der Waals surface area contributed by atoms with Crippen LogP contribution in [0.2, 0.25) is 0 Å². The lowest BCUT2D eigenvalue weighted by molar-refractivity contribution is -0.384. The molecule has 1 aromatic carbocycles. The van der Waals surface area contributed by atoms with Crippen molar-refractivity contribution in [1.82, 2.24) is 9.97 Å². The van der Waals surface area contributed by atoms with Crippen LogP contribution in [0, 0.1) is 10.1 Å². The van der Waals surface area contributed by atoms with E-state index in [1.54, 1.807) is 0 Å². The summed E-state index contributed by atoms with van der Waals surface area (Å²) < 4.78 is 15.7. The number of anilines is 2. The van der Waals surface area contributed by atoms with E-state index in [1.165, 1.54) is 24.5 Å². The Morgan fingerprint density at radius 3 is 2.57 bits per heavy atom. The molecule has 2 heterocycles. The Bertz CT molecular complexity index is 934. The number of esters is 1. The van der Waals surface area contributed by atoms with Crippen LogP contribution >= 0.6 is 0 Å². The third-order valence-corrected chi connectivity index (χ3v) is 3.59. The molecule has 0 unspecified atom stereocenters. The van der Waals surface area contributed by atoms with E-state index >= 15 is 0 Å². The summed E-state index contributed by atoms with van der Waals surface area (Å²) in [6, 6.07) is 2.46. The Morgan fingerprint density at radius 1 is 1.21 bits per heavy atom. The number of hydrogen-bond donors (Lipinski definition) is 2. The zero-order chi connectivity index (χ0) is 20.1. The van der Waals surface area contributed by atoms with E-state index in [9.17, 15) is 19.7 Å². The number of amides is 1. The van der Waals surface area contributed by atoms with Gasteiger partial charge in [-0.3, -0.25) is 14.9 Å². The number of rotatable bonds is 5. The quantitative estimate of drug-likeness (QED) is 0.426. The van der Waals surface area contributed by atoms with E-state index in [4.69, 9.17) is 19.9 Å². The molecule has 0 bridgehead atoms. The van der Waals surface area contributed by atoms with Crippen LogP contribution in [-0.2, 0) is 9.53 Å². The average molecular weight is 389 g/mol. The molecule has 1 aliphatic rings. The molecule has 1 aromatic heterocycles. The van der Waals surface area contributed by atoms with E-state index in [-0.39, 0.29) is 34.4 Å². The molecule has 0 radical (unpaired) electrons. The van der Waals surface area contributed by atoms with Crippen LogP contribution in [0.1, 0.15) is 16.9 Å². The minimum atomic E-state index is -0.950. The summed E-state index contributed by atoms with van der Waals surface area (Å²) in [5.74, 6) is -1.41. The molecule has 3 rings (SSSR count). The van der Waals surface area contributed by atoms with E-state index in [0.29, 0.717) is 19.6 Å². The first kappa shape index (κ1) is 18.8. The first-order valence-electron chi connectivity index (χ1n) is 8.07. The lowest BCUT2D eigenvalue weighted by Crippen LogP contribution is -2.22. The van der Waals surface area contributed by atoms with Gasteiger partial charge in [-0.1, -0.05) is 0 Å². The summed E-state index contributed by atoms with van der Waals surface area (Å²) in [5.41, 5.74) is 4.76. The molecule has 3 N–H and O–H groups in total. The minimum absolute atomic E-state index is 0.116. The number of carbonyl (C=O) groups is 2. The number of benzene rings is 1. The van der Waals surface area contributed by atoms with Gasteiger partial charge in [0.15, 0.2) is 29.6 Å². The van der Waals surface area contributed by atoms with Crippen LogP contribution in [-0.4, -0.2) is 46.6 Å². The number of nitrogens with zero attached hydrogens (tertiary/aromatic N) is 3. The maximum absolute atomic E-state index is 12.1. The normalized spacial score (nSPS) is 12.6. The van der Waals surface area contributed by atoms with Gasteiger partial charge in [0.1, 0.15) is 5.69 Å². The van der Waals surface area contributed by atoms with Gasteiger partial charge in [-0.2, -0.15) is 0 Å². The fraction of sp³-hybridized carbons (Fsp3) is 0.250. The molecule has 28 heavy (non-hydrogen) atoms. The predicted octanol–water partition coefficient (Wildman–Crippen LogP) is 0.924. The maximum Gasteiger partial charge on any atom is 0.361 e. The van der Waals surface area contributed by atoms with Crippen molar-refractivity contribution in [2.75, 3.05) is 30.9 Å². The average Bonchev–Trinajstić information content (AvgIpc) is 2.90. The molecular formula is C16H15N5O7. The Hall–Kier alpha value is -3.96. The summed E-state index contributed by atoms with van der Waals surface area (Å²) in [6.45, 7) is 0.0209. The highest BCUT2D eigenvalue weighted by molar-refractivity contribution is 5.97. The summed E-state index contributed by atoms with van der Waals surface area (Å²) in [5, 5.41) is 13.6. The number of hydrogen-bond acceptors (Lipinski definition) is 10. The Balaban J connectivity index is 1.71. The van der Waals surface area contributed by atoms with Crippen molar-refractivity contribution in [3.8, 4) is 11.5 Å². The molecule has 0 atom stereocenters. The molecular weight excluding hydrogens is 374 g/mol. The molecule has 0 saturated carbocycles. The highest BCUT2D eigenvalue weighted by Crippen LogP contribution is 2.39. The van der Waals surface area contributed by atoms with Gasteiger partial charge < -0.3 is 25.3 Å². The van der Waals surface area contributed by atoms with Crippen molar-refractivity contribution in [3.63, 3.8) is 0 Å².